The first-order valence-corrected chi connectivity index (χ1v) is 12.0. The van der Waals surface area contributed by atoms with Gasteiger partial charge in [-0.15, -0.1) is 11.3 Å². The van der Waals surface area contributed by atoms with Crippen molar-refractivity contribution in [3.63, 3.8) is 0 Å². The number of ether oxygens (including phenoxy) is 1. The Morgan fingerprint density at radius 1 is 1.26 bits per heavy atom. The fourth-order valence-electron chi connectivity index (χ4n) is 3.29. The highest BCUT2D eigenvalue weighted by Crippen LogP contribution is 2.29. The quantitative estimate of drug-likeness (QED) is 0.385. The fraction of sp³-hybridized carbons (Fsp3) is 0.435. The number of fused-ring (bicyclic) bond motifs is 1. The first kappa shape index (κ1) is 23.5. The molecule has 8 heteroatoms. The molecular formula is C23H29N3O3S2. The van der Waals surface area contributed by atoms with Crippen molar-refractivity contribution in [2.45, 2.75) is 50.6 Å². The first-order valence-electron chi connectivity index (χ1n) is 10.3. The van der Waals surface area contributed by atoms with E-state index in [1.54, 1.807) is 11.7 Å². The first-order chi connectivity index (χ1) is 14.8. The van der Waals surface area contributed by atoms with Crippen molar-refractivity contribution in [3.8, 4) is 0 Å². The van der Waals surface area contributed by atoms with Gasteiger partial charge in [0.25, 0.3) is 5.56 Å². The molecule has 1 aromatic carbocycles. The van der Waals surface area contributed by atoms with Crippen LogP contribution >= 0.6 is 23.1 Å². The molecule has 1 amide bonds. The zero-order valence-electron chi connectivity index (χ0n) is 18.6. The third-order valence-corrected chi connectivity index (χ3v) is 7.57. The molecule has 0 aliphatic heterocycles. The molecule has 0 saturated carbocycles. The summed E-state index contributed by atoms with van der Waals surface area (Å²) in [7, 11) is 1.60. The molecule has 0 unspecified atom stereocenters. The highest BCUT2D eigenvalue weighted by Gasteiger charge is 2.22. The Kier molecular flexibility index (Phi) is 7.91. The molecule has 166 valence electrons. The molecule has 0 aliphatic rings. The van der Waals surface area contributed by atoms with E-state index in [0.29, 0.717) is 30.2 Å². The summed E-state index contributed by atoms with van der Waals surface area (Å²) in [6, 6.07) is 10.1. The number of thioether (sulfide) groups is 1. The lowest BCUT2D eigenvalue weighted by molar-refractivity contribution is -0.120. The van der Waals surface area contributed by atoms with Crippen LogP contribution in [0, 0.1) is 13.8 Å². The molecule has 0 saturated heterocycles. The van der Waals surface area contributed by atoms with Crippen molar-refractivity contribution in [2.75, 3.05) is 20.3 Å². The van der Waals surface area contributed by atoms with Crippen LogP contribution in [0.2, 0.25) is 0 Å². The number of benzene rings is 1. The van der Waals surface area contributed by atoms with Gasteiger partial charge in [-0.3, -0.25) is 14.2 Å². The zero-order chi connectivity index (χ0) is 22.5. The molecule has 3 rings (SSSR count). The highest BCUT2D eigenvalue weighted by atomic mass is 32.2. The van der Waals surface area contributed by atoms with E-state index < -0.39 is 0 Å². The Morgan fingerprint density at radius 3 is 2.65 bits per heavy atom. The lowest BCUT2D eigenvalue weighted by Crippen LogP contribution is -2.34. The molecule has 2 atom stereocenters. The molecule has 0 aliphatic carbocycles. The topological polar surface area (TPSA) is 73.2 Å². The van der Waals surface area contributed by atoms with E-state index >= 15 is 0 Å². The summed E-state index contributed by atoms with van der Waals surface area (Å²) in [5.41, 5.74) is 2.09. The number of hydrogen-bond donors (Lipinski definition) is 1. The van der Waals surface area contributed by atoms with Crippen LogP contribution in [0.25, 0.3) is 10.2 Å². The third-order valence-electron chi connectivity index (χ3n) is 5.38. The minimum atomic E-state index is -0.386. The number of hydrogen-bond acceptors (Lipinski definition) is 6. The molecule has 0 spiro atoms. The number of methoxy groups -OCH3 is 1. The second kappa shape index (κ2) is 10.4. The lowest BCUT2D eigenvalue weighted by Gasteiger charge is -2.17. The van der Waals surface area contributed by atoms with Gasteiger partial charge in [-0.1, -0.05) is 49.0 Å². The maximum atomic E-state index is 13.2. The molecule has 0 fully saturated rings. The Morgan fingerprint density at radius 2 is 1.97 bits per heavy atom. The van der Waals surface area contributed by atoms with Gasteiger partial charge in [0.15, 0.2) is 5.16 Å². The summed E-state index contributed by atoms with van der Waals surface area (Å²) in [6.45, 7) is 9.24. The van der Waals surface area contributed by atoms with Crippen LogP contribution in [0.4, 0.5) is 0 Å². The highest BCUT2D eigenvalue weighted by molar-refractivity contribution is 8.00. The van der Waals surface area contributed by atoms with Crippen LogP contribution < -0.4 is 10.9 Å². The average molecular weight is 460 g/mol. The van der Waals surface area contributed by atoms with Gasteiger partial charge in [0.1, 0.15) is 4.83 Å². The van der Waals surface area contributed by atoms with Crippen LogP contribution in [0.1, 0.15) is 35.8 Å². The van der Waals surface area contributed by atoms with Crippen LogP contribution in [0.15, 0.2) is 40.3 Å². The van der Waals surface area contributed by atoms with Gasteiger partial charge < -0.3 is 10.1 Å². The predicted octanol–water partition coefficient (Wildman–Crippen LogP) is 4.12. The van der Waals surface area contributed by atoms with E-state index in [1.807, 2.05) is 39.0 Å². The van der Waals surface area contributed by atoms with Crippen molar-refractivity contribution in [1.29, 1.82) is 0 Å². The summed E-state index contributed by atoms with van der Waals surface area (Å²) in [6.07, 6.45) is 0. The van der Waals surface area contributed by atoms with Crippen LogP contribution in [-0.4, -0.2) is 41.0 Å². The minimum Gasteiger partial charge on any atom is -0.383 e. The SMILES string of the molecule is COCCn1c(S[C@H](C)C(=O)NC[C@H](C)c2ccccc2)nc2sc(C)c(C)c2c1=O. The average Bonchev–Trinajstić information content (AvgIpc) is 3.05. The van der Waals surface area contributed by atoms with E-state index in [2.05, 4.69) is 24.4 Å². The number of nitrogens with one attached hydrogen (secondary N) is 1. The molecule has 3 aromatic rings. The zero-order valence-corrected chi connectivity index (χ0v) is 20.2. The normalized spacial score (nSPS) is 13.3. The molecule has 2 aromatic heterocycles. The van der Waals surface area contributed by atoms with Crippen molar-refractivity contribution >= 4 is 39.2 Å². The van der Waals surface area contributed by atoms with Crippen LogP contribution in [0.3, 0.4) is 0 Å². The van der Waals surface area contributed by atoms with Crippen molar-refractivity contribution in [1.82, 2.24) is 14.9 Å². The van der Waals surface area contributed by atoms with E-state index in [4.69, 9.17) is 9.72 Å². The maximum absolute atomic E-state index is 13.2. The van der Waals surface area contributed by atoms with Gasteiger partial charge in [0.2, 0.25) is 5.91 Å². The Hall–Kier alpha value is -2.16. The molecule has 6 nitrogen and oxygen atoms in total. The van der Waals surface area contributed by atoms with Crippen molar-refractivity contribution < 1.29 is 9.53 Å². The second-order valence-electron chi connectivity index (χ2n) is 7.62. The number of rotatable bonds is 9. The van der Waals surface area contributed by atoms with E-state index in [9.17, 15) is 9.59 Å². The molecular weight excluding hydrogens is 430 g/mol. The molecule has 2 heterocycles. The van der Waals surface area contributed by atoms with Gasteiger partial charge in [0.05, 0.1) is 23.8 Å². The summed E-state index contributed by atoms with van der Waals surface area (Å²) < 4.78 is 6.82. The van der Waals surface area contributed by atoms with E-state index in [1.165, 1.54) is 28.7 Å². The number of thiophene rings is 1. The lowest BCUT2D eigenvalue weighted by atomic mass is 10.0. The number of nitrogens with zero attached hydrogens (tertiary/aromatic N) is 2. The summed E-state index contributed by atoms with van der Waals surface area (Å²) in [5.74, 6) is 0.146. The van der Waals surface area contributed by atoms with Gasteiger partial charge in [-0.2, -0.15) is 0 Å². The standard InChI is InChI=1S/C23H29N3O3S2/c1-14(18-9-7-6-8-10-18)13-24-20(27)17(4)31-23-25-21-19(15(2)16(3)30-21)22(28)26(23)11-12-29-5/h6-10,14,17H,11-13H2,1-5H3,(H,24,27)/t14-,17+/m0/s1. The van der Waals surface area contributed by atoms with Gasteiger partial charge in [-0.05, 0) is 37.8 Å². The number of amides is 1. The summed E-state index contributed by atoms with van der Waals surface area (Å²) in [4.78, 5) is 32.5. The maximum Gasteiger partial charge on any atom is 0.263 e. The Labute approximate surface area is 191 Å². The van der Waals surface area contributed by atoms with Gasteiger partial charge in [0, 0.05) is 18.5 Å². The summed E-state index contributed by atoms with van der Waals surface area (Å²) in [5, 5.41) is 3.86. The molecule has 31 heavy (non-hydrogen) atoms. The van der Waals surface area contributed by atoms with Crippen LogP contribution in [0.5, 0.6) is 0 Å². The predicted molar refractivity (Wildman–Crippen MR) is 128 cm³/mol. The van der Waals surface area contributed by atoms with Crippen molar-refractivity contribution in [2.24, 2.45) is 0 Å². The third kappa shape index (κ3) is 5.37. The Bertz CT molecular complexity index is 1110. The number of carbonyl (C=O) groups excluding carboxylic acids is 1. The minimum absolute atomic E-state index is 0.0704. The number of aryl methyl sites for hydroxylation is 2. The van der Waals surface area contributed by atoms with Crippen molar-refractivity contribution in [3.05, 3.63) is 56.7 Å². The molecule has 0 bridgehead atoms. The summed E-state index contributed by atoms with van der Waals surface area (Å²) >= 11 is 2.83. The second-order valence-corrected chi connectivity index (χ2v) is 10.1. The molecule has 0 radical (unpaired) electrons. The largest absolute Gasteiger partial charge is 0.383 e. The monoisotopic (exact) mass is 459 g/mol. The smallest absolute Gasteiger partial charge is 0.263 e. The number of aromatic nitrogens is 2. The van der Waals surface area contributed by atoms with Crippen LogP contribution in [-0.2, 0) is 16.1 Å². The van der Waals surface area contributed by atoms with Gasteiger partial charge >= 0.3 is 0 Å². The number of carbonyl (C=O) groups is 1. The molecule has 1 N–H and O–H groups in total. The van der Waals surface area contributed by atoms with E-state index in [0.717, 1.165) is 15.3 Å². The fourth-order valence-corrected chi connectivity index (χ4v) is 5.32. The van der Waals surface area contributed by atoms with E-state index in [-0.39, 0.29) is 22.6 Å². The Balaban J connectivity index is 1.77. The van der Waals surface area contributed by atoms with Gasteiger partial charge in [-0.25, -0.2) is 4.98 Å².